The van der Waals surface area contributed by atoms with E-state index in [2.05, 4.69) is 16.2 Å². The summed E-state index contributed by atoms with van der Waals surface area (Å²) in [5.41, 5.74) is 1.01. The highest BCUT2D eigenvalue weighted by atomic mass is 35.5. The van der Waals surface area contributed by atoms with Crippen LogP contribution in [0.3, 0.4) is 0 Å². The Morgan fingerprint density at radius 3 is 2.46 bits per heavy atom. The summed E-state index contributed by atoms with van der Waals surface area (Å²) in [4.78, 5) is 17.2. The molecule has 0 amide bonds. The maximum Gasteiger partial charge on any atom is 0.288 e. The molecule has 0 unspecified atom stereocenters. The molecular weight excluding hydrogens is 439 g/mol. The third-order valence-electron chi connectivity index (χ3n) is 3.97. The summed E-state index contributed by atoms with van der Waals surface area (Å²) in [5, 5.41) is 15.4. The molecule has 28 heavy (non-hydrogen) atoms. The average Bonchev–Trinajstić information content (AvgIpc) is 3.05. The highest BCUT2D eigenvalue weighted by molar-refractivity contribution is 7.99. The number of aromatic amines is 1. The molecule has 0 radical (unpaired) electrons. The first-order chi connectivity index (χ1) is 13.5. The molecule has 0 aliphatic heterocycles. The fraction of sp³-hybridized carbons (Fsp3) is 0. The Morgan fingerprint density at radius 2 is 1.79 bits per heavy atom. The lowest BCUT2D eigenvalue weighted by atomic mass is 10.1. The van der Waals surface area contributed by atoms with Gasteiger partial charge in [-0.05, 0) is 42.5 Å². The molecule has 2 heterocycles. The second-order valence-electron chi connectivity index (χ2n) is 5.73. The van der Waals surface area contributed by atoms with Gasteiger partial charge < -0.3 is 4.98 Å². The normalized spacial score (nSPS) is 10.9. The number of hydrogen-bond acceptors (Lipinski definition) is 4. The molecule has 0 saturated heterocycles. The molecule has 0 atom stereocenters. The summed E-state index contributed by atoms with van der Waals surface area (Å²) < 4.78 is 1.18. The summed E-state index contributed by atoms with van der Waals surface area (Å²) in [6.07, 6.45) is 1.56. The number of nitrogens with one attached hydrogen (secondary N) is 1. The molecule has 0 spiro atoms. The lowest BCUT2D eigenvalue weighted by molar-refractivity contribution is 0.869. The fourth-order valence-corrected chi connectivity index (χ4v) is 4.12. The van der Waals surface area contributed by atoms with Crippen LogP contribution in [0.1, 0.15) is 5.56 Å². The molecule has 1 N–H and O–H groups in total. The number of nitriles is 1. The lowest BCUT2D eigenvalue weighted by Gasteiger charge is -2.02. The molecule has 2 aromatic carbocycles. The van der Waals surface area contributed by atoms with Crippen LogP contribution in [0.25, 0.3) is 16.9 Å². The van der Waals surface area contributed by atoms with Crippen molar-refractivity contribution < 1.29 is 0 Å². The van der Waals surface area contributed by atoms with Crippen molar-refractivity contribution in [3.05, 3.63) is 79.6 Å². The number of hydrogen-bond donors (Lipinski definition) is 1. The van der Waals surface area contributed by atoms with E-state index in [1.165, 1.54) is 16.3 Å². The van der Waals surface area contributed by atoms with Gasteiger partial charge in [0.05, 0.1) is 9.92 Å². The summed E-state index contributed by atoms with van der Waals surface area (Å²) >= 11 is 19.4. The minimum absolute atomic E-state index is 0.226. The van der Waals surface area contributed by atoms with Gasteiger partial charge >= 0.3 is 0 Å². The van der Waals surface area contributed by atoms with Gasteiger partial charge in [0.2, 0.25) is 0 Å². The molecule has 4 aromatic rings. The van der Waals surface area contributed by atoms with Crippen molar-refractivity contribution in [2.24, 2.45) is 0 Å². The molecule has 0 saturated carbocycles. The molecule has 0 fully saturated rings. The van der Waals surface area contributed by atoms with Crippen LogP contribution in [0.5, 0.6) is 0 Å². The standard InChI is InChI=1S/C19H9Cl3N4OS/c20-10-1-4-12(5-2-10)28-16-9-24-18-14(8-23)17(25-26(18)19(16)27)13-6-3-11(21)7-15(13)22/h1-7,9,24H. The largest absolute Gasteiger partial charge is 0.344 e. The molecular formula is C19H9Cl3N4OS. The second-order valence-corrected chi connectivity index (χ2v) is 8.13. The lowest BCUT2D eigenvalue weighted by Crippen LogP contribution is -2.16. The highest BCUT2D eigenvalue weighted by Crippen LogP contribution is 2.33. The Morgan fingerprint density at radius 1 is 1.07 bits per heavy atom. The molecule has 0 aliphatic rings. The number of rotatable bonds is 3. The van der Waals surface area contributed by atoms with Crippen molar-refractivity contribution in [2.75, 3.05) is 0 Å². The number of nitrogens with zero attached hydrogens (tertiary/aromatic N) is 3. The van der Waals surface area contributed by atoms with Gasteiger partial charge in [-0.25, -0.2) is 0 Å². The van der Waals surface area contributed by atoms with Crippen molar-refractivity contribution in [3.63, 3.8) is 0 Å². The minimum atomic E-state index is -0.346. The molecule has 5 nitrogen and oxygen atoms in total. The predicted molar refractivity (Wildman–Crippen MR) is 112 cm³/mol. The van der Waals surface area contributed by atoms with Crippen molar-refractivity contribution in [3.8, 4) is 17.3 Å². The van der Waals surface area contributed by atoms with Gasteiger partial charge in [0.15, 0.2) is 5.65 Å². The summed E-state index contributed by atoms with van der Waals surface area (Å²) in [6, 6.07) is 14.1. The van der Waals surface area contributed by atoms with Crippen LogP contribution in [0.4, 0.5) is 0 Å². The first kappa shape index (κ1) is 18.9. The van der Waals surface area contributed by atoms with E-state index in [9.17, 15) is 10.1 Å². The number of aromatic nitrogens is 3. The molecule has 0 aliphatic carbocycles. The average molecular weight is 448 g/mol. The van der Waals surface area contributed by atoms with Gasteiger partial charge in [-0.3, -0.25) is 4.79 Å². The fourth-order valence-electron chi connectivity index (χ4n) is 2.68. The predicted octanol–water partition coefficient (Wildman–Crippen LogP) is 5.67. The maximum absolute atomic E-state index is 12.9. The summed E-state index contributed by atoms with van der Waals surface area (Å²) in [7, 11) is 0. The molecule has 0 bridgehead atoms. The monoisotopic (exact) mass is 446 g/mol. The highest BCUT2D eigenvalue weighted by Gasteiger charge is 2.20. The van der Waals surface area contributed by atoms with Crippen LogP contribution in [0.2, 0.25) is 15.1 Å². The topological polar surface area (TPSA) is 74.0 Å². The van der Waals surface area contributed by atoms with Crippen LogP contribution >= 0.6 is 46.6 Å². The van der Waals surface area contributed by atoms with E-state index in [0.717, 1.165) is 4.90 Å². The minimum Gasteiger partial charge on any atom is -0.344 e. The van der Waals surface area contributed by atoms with E-state index in [-0.39, 0.29) is 11.1 Å². The van der Waals surface area contributed by atoms with Gasteiger partial charge in [-0.2, -0.15) is 14.9 Å². The number of fused-ring (bicyclic) bond motifs is 1. The van der Waals surface area contributed by atoms with Crippen molar-refractivity contribution in [2.45, 2.75) is 9.79 Å². The first-order valence-corrected chi connectivity index (χ1v) is 9.86. The quantitative estimate of drug-likeness (QED) is 0.439. The van der Waals surface area contributed by atoms with E-state index >= 15 is 0 Å². The van der Waals surface area contributed by atoms with Crippen LogP contribution in [-0.2, 0) is 0 Å². The van der Waals surface area contributed by atoms with Gasteiger partial charge in [0.1, 0.15) is 17.3 Å². The zero-order valence-corrected chi connectivity index (χ0v) is 17.0. The van der Waals surface area contributed by atoms with E-state index in [1.807, 2.05) is 12.1 Å². The zero-order chi connectivity index (χ0) is 19.8. The van der Waals surface area contributed by atoms with E-state index in [4.69, 9.17) is 34.8 Å². The van der Waals surface area contributed by atoms with E-state index < -0.39 is 0 Å². The third kappa shape index (κ3) is 3.38. The summed E-state index contributed by atoms with van der Waals surface area (Å²) in [6.45, 7) is 0. The van der Waals surface area contributed by atoms with Gasteiger partial charge in [-0.1, -0.05) is 46.6 Å². The Kier molecular flexibility index (Phi) is 5.09. The molecule has 4 rings (SSSR count). The second kappa shape index (κ2) is 7.53. The molecule has 2 aromatic heterocycles. The van der Waals surface area contributed by atoms with Crippen LogP contribution in [0, 0.1) is 11.3 Å². The van der Waals surface area contributed by atoms with Crippen molar-refractivity contribution in [1.29, 1.82) is 5.26 Å². The van der Waals surface area contributed by atoms with Gasteiger partial charge in [0.25, 0.3) is 5.56 Å². The summed E-state index contributed by atoms with van der Waals surface area (Å²) in [5.74, 6) is 0. The van der Waals surface area contributed by atoms with Crippen LogP contribution in [-0.4, -0.2) is 14.6 Å². The number of halogens is 3. The Balaban J connectivity index is 1.86. The van der Waals surface area contributed by atoms with E-state index in [0.29, 0.717) is 36.9 Å². The maximum atomic E-state index is 12.9. The first-order valence-electron chi connectivity index (χ1n) is 7.91. The van der Waals surface area contributed by atoms with Crippen molar-refractivity contribution in [1.82, 2.24) is 14.6 Å². The van der Waals surface area contributed by atoms with Crippen LogP contribution < -0.4 is 5.56 Å². The molecule has 138 valence electrons. The van der Waals surface area contributed by atoms with E-state index in [1.54, 1.807) is 36.5 Å². The molecule has 9 heteroatoms. The van der Waals surface area contributed by atoms with Crippen molar-refractivity contribution >= 4 is 52.2 Å². The van der Waals surface area contributed by atoms with Gasteiger partial charge in [-0.15, -0.1) is 0 Å². The van der Waals surface area contributed by atoms with Gasteiger partial charge in [0, 0.05) is 26.7 Å². The Bertz CT molecular complexity index is 1310. The number of benzene rings is 2. The van der Waals surface area contributed by atoms with Crippen LogP contribution in [0.15, 0.2) is 63.2 Å². The SMILES string of the molecule is N#Cc1c(-c2ccc(Cl)cc2Cl)nn2c(=O)c(Sc3ccc(Cl)cc3)c[nH]c12. The smallest absolute Gasteiger partial charge is 0.288 e. The Labute approximate surface area is 178 Å². The third-order valence-corrected chi connectivity index (χ3v) is 5.79. The number of H-pyrrole nitrogens is 1. The Hall–Kier alpha value is -2.43. The zero-order valence-electron chi connectivity index (χ0n) is 13.9.